The molecular weight excluding hydrogens is 266 g/mol. The van der Waals surface area contributed by atoms with Gasteiger partial charge in [-0.2, -0.15) is 0 Å². The maximum atomic E-state index is 5.67. The second kappa shape index (κ2) is 6.48. The predicted molar refractivity (Wildman–Crippen MR) is 88.2 cm³/mol. The van der Waals surface area contributed by atoms with E-state index < -0.39 is 0 Å². The van der Waals surface area contributed by atoms with Gasteiger partial charge in [0, 0.05) is 17.8 Å². The van der Waals surface area contributed by atoms with Crippen molar-refractivity contribution in [1.29, 1.82) is 0 Å². The van der Waals surface area contributed by atoms with E-state index in [1.165, 1.54) is 5.56 Å². The normalized spacial score (nSPS) is 11.9. The van der Waals surface area contributed by atoms with Crippen LogP contribution in [0.1, 0.15) is 29.7 Å². The van der Waals surface area contributed by atoms with E-state index in [2.05, 4.69) is 41.5 Å². The van der Waals surface area contributed by atoms with E-state index >= 15 is 0 Å². The molecule has 0 radical (unpaired) electrons. The van der Waals surface area contributed by atoms with Gasteiger partial charge in [0.2, 0.25) is 0 Å². The lowest BCUT2D eigenvalue weighted by Gasteiger charge is -2.14. The molecule has 1 atom stereocenters. The molecule has 4 heteroatoms. The molecule has 0 aliphatic rings. The van der Waals surface area contributed by atoms with Crippen molar-refractivity contribution in [3.63, 3.8) is 0 Å². The third-order valence-corrected chi connectivity index (χ3v) is 3.43. The number of aromatic nitrogens is 1. The first-order valence-electron chi connectivity index (χ1n) is 6.63. The maximum Gasteiger partial charge on any atom is 0.126 e. The Balaban J connectivity index is 2.06. The van der Waals surface area contributed by atoms with Crippen molar-refractivity contribution < 1.29 is 0 Å². The Hall–Kier alpha value is -1.94. The Morgan fingerprint density at radius 2 is 2.00 bits per heavy atom. The van der Waals surface area contributed by atoms with E-state index in [9.17, 15) is 0 Å². The summed E-state index contributed by atoms with van der Waals surface area (Å²) in [6.45, 7) is 4.94. The number of rotatable bonds is 5. The first kappa shape index (κ1) is 14.5. The summed E-state index contributed by atoms with van der Waals surface area (Å²) in [5, 5.41) is 3.35. The highest BCUT2D eigenvalue weighted by Crippen LogP contribution is 2.16. The topological polar surface area (TPSA) is 50.9 Å². The minimum atomic E-state index is 0.398. The molecule has 3 nitrogen and oxygen atoms in total. The second-order valence-electron chi connectivity index (χ2n) is 4.94. The number of nitrogens with two attached hydrogens (primary N) is 1. The summed E-state index contributed by atoms with van der Waals surface area (Å²) in [6, 6.07) is 14.2. The Bertz CT molecular complexity index is 596. The molecule has 2 aromatic rings. The van der Waals surface area contributed by atoms with E-state index in [-0.39, 0.29) is 0 Å². The summed E-state index contributed by atoms with van der Waals surface area (Å²) in [5.41, 5.74) is 8.74. The zero-order valence-corrected chi connectivity index (χ0v) is 12.6. The van der Waals surface area contributed by atoms with Gasteiger partial charge in [0.05, 0.1) is 0 Å². The van der Waals surface area contributed by atoms with Crippen LogP contribution in [0.3, 0.4) is 0 Å². The Kier molecular flexibility index (Phi) is 4.69. The van der Waals surface area contributed by atoms with Gasteiger partial charge in [-0.1, -0.05) is 49.5 Å². The highest BCUT2D eigenvalue weighted by molar-refractivity contribution is 7.80. The maximum absolute atomic E-state index is 5.67. The zero-order valence-electron chi connectivity index (χ0n) is 11.8. The lowest BCUT2D eigenvalue weighted by Crippen LogP contribution is -2.14. The molecule has 1 heterocycles. The highest BCUT2D eigenvalue weighted by Gasteiger charge is 2.06. The molecule has 2 rings (SSSR count). The van der Waals surface area contributed by atoms with Crippen LogP contribution in [-0.4, -0.2) is 16.5 Å². The Morgan fingerprint density at radius 1 is 1.30 bits per heavy atom. The summed E-state index contributed by atoms with van der Waals surface area (Å²) >= 11 is 5.02. The number of benzene rings is 1. The molecule has 0 spiro atoms. The van der Waals surface area contributed by atoms with E-state index in [4.69, 9.17) is 18.0 Å². The van der Waals surface area contributed by atoms with Crippen LogP contribution >= 0.6 is 12.2 Å². The van der Waals surface area contributed by atoms with Gasteiger partial charge in [0.25, 0.3) is 0 Å². The standard InChI is InChI=1S/C16H19N3S/c1-11(13-6-4-3-5-7-13)10-18-15-9-14(16(17)20)8-12(2)19-15/h3-9,11H,10H2,1-2H3,(H2,17,20)(H,18,19). The van der Waals surface area contributed by atoms with Gasteiger partial charge in [0.1, 0.15) is 10.8 Å². The summed E-state index contributed by atoms with van der Waals surface area (Å²) < 4.78 is 0. The summed E-state index contributed by atoms with van der Waals surface area (Å²) in [7, 11) is 0. The fourth-order valence-electron chi connectivity index (χ4n) is 2.06. The molecule has 1 aromatic carbocycles. The van der Waals surface area contributed by atoms with Crippen LogP contribution in [0, 0.1) is 6.92 Å². The van der Waals surface area contributed by atoms with E-state index in [0.717, 1.165) is 23.6 Å². The minimum absolute atomic E-state index is 0.398. The second-order valence-corrected chi connectivity index (χ2v) is 5.38. The lowest BCUT2D eigenvalue weighted by molar-refractivity contribution is 0.801. The molecule has 0 saturated heterocycles. The molecule has 104 valence electrons. The molecule has 1 aromatic heterocycles. The number of nitrogens with one attached hydrogen (secondary N) is 1. The number of hydrogen-bond donors (Lipinski definition) is 2. The van der Waals surface area contributed by atoms with Crippen LogP contribution in [0.4, 0.5) is 5.82 Å². The molecule has 1 unspecified atom stereocenters. The summed E-state index contributed by atoms with van der Waals surface area (Å²) in [5.74, 6) is 1.22. The average Bonchev–Trinajstić information content (AvgIpc) is 2.45. The van der Waals surface area contributed by atoms with Gasteiger partial charge in [-0.05, 0) is 30.5 Å². The van der Waals surface area contributed by atoms with Crippen LogP contribution in [-0.2, 0) is 0 Å². The molecule has 0 amide bonds. The Morgan fingerprint density at radius 3 is 2.65 bits per heavy atom. The number of nitrogens with zero attached hydrogens (tertiary/aromatic N) is 1. The first-order chi connectivity index (χ1) is 9.56. The molecule has 3 N–H and O–H groups in total. The van der Waals surface area contributed by atoms with Crippen molar-refractivity contribution in [2.24, 2.45) is 5.73 Å². The largest absolute Gasteiger partial charge is 0.389 e. The monoisotopic (exact) mass is 285 g/mol. The summed E-state index contributed by atoms with van der Waals surface area (Å²) in [4.78, 5) is 4.85. The molecule has 0 aliphatic carbocycles. The molecule has 0 saturated carbocycles. The van der Waals surface area contributed by atoms with Crippen LogP contribution in [0.15, 0.2) is 42.5 Å². The third-order valence-electron chi connectivity index (χ3n) is 3.20. The number of hydrogen-bond acceptors (Lipinski definition) is 3. The van der Waals surface area contributed by atoms with Crippen molar-refractivity contribution in [2.75, 3.05) is 11.9 Å². The first-order valence-corrected chi connectivity index (χ1v) is 7.04. The lowest BCUT2D eigenvalue weighted by atomic mass is 10.0. The van der Waals surface area contributed by atoms with Crippen molar-refractivity contribution in [1.82, 2.24) is 4.98 Å². The average molecular weight is 285 g/mol. The van der Waals surface area contributed by atoms with Crippen molar-refractivity contribution in [2.45, 2.75) is 19.8 Å². The van der Waals surface area contributed by atoms with Gasteiger partial charge < -0.3 is 11.1 Å². The smallest absolute Gasteiger partial charge is 0.126 e. The molecular formula is C16H19N3S. The highest BCUT2D eigenvalue weighted by atomic mass is 32.1. The summed E-state index contributed by atoms with van der Waals surface area (Å²) in [6.07, 6.45) is 0. The van der Waals surface area contributed by atoms with Crippen LogP contribution < -0.4 is 11.1 Å². The Labute approximate surface area is 125 Å². The number of pyridine rings is 1. The van der Waals surface area contributed by atoms with E-state index in [1.54, 1.807) is 0 Å². The van der Waals surface area contributed by atoms with Crippen LogP contribution in [0.25, 0.3) is 0 Å². The predicted octanol–water partition coefficient (Wildman–Crippen LogP) is 3.24. The third kappa shape index (κ3) is 3.78. The van der Waals surface area contributed by atoms with Gasteiger partial charge in [-0.25, -0.2) is 4.98 Å². The quantitative estimate of drug-likeness (QED) is 0.828. The SMILES string of the molecule is Cc1cc(C(N)=S)cc(NCC(C)c2ccccc2)n1. The van der Waals surface area contributed by atoms with Crippen LogP contribution in [0.5, 0.6) is 0 Å². The van der Waals surface area contributed by atoms with Crippen LogP contribution in [0.2, 0.25) is 0 Å². The van der Waals surface area contributed by atoms with Crippen molar-refractivity contribution in [3.8, 4) is 0 Å². The fraction of sp³-hybridized carbons (Fsp3) is 0.250. The van der Waals surface area contributed by atoms with Gasteiger partial charge >= 0.3 is 0 Å². The minimum Gasteiger partial charge on any atom is -0.389 e. The zero-order chi connectivity index (χ0) is 14.5. The molecule has 0 aliphatic heterocycles. The van der Waals surface area contributed by atoms with E-state index in [1.807, 2.05) is 25.1 Å². The number of anilines is 1. The fourth-order valence-corrected chi connectivity index (χ4v) is 2.18. The van der Waals surface area contributed by atoms with E-state index in [0.29, 0.717) is 10.9 Å². The van der Waals surface area contributed by atoms with Gasteiger partial charge in [-0.15, -0.1) is 0 Å². The van der Waals surface area contributed by atoms with Crippen molar-refractivity contribution >= 4 is 23.0 Å². The number of thiocarbonyl (C=S) groups is 1. The molecule has 0 bridgehead atoms. The van der Waals surface area contributed by atoms with Gasteiger partial charge in [0.15, 0.2) is 0 Å². The molecule has 0 fully saturated rings. The van der Waals surface area contributed by atoms with Crippen molar-refractivity contribution in [3.05, 3.63) is 59.3 Å². The number of aryl methyl sites for hydroxylation is 1. The van der Waals surface area contributed by atoms with Gasteiger partial charge in [-0.3, -0.25) is 0 Å². The molecule has 20 heavy (non-hydrogen) atoms.